The van der Waals surface area contributed by atoms with Crippen LogP contribution in [0.15, 0.2) is 36.8 Å². The second-order valence-electron chi connectivity index (χ2n) is 4.79. The van der Waals surface area contributed by atoms with E-state index in [1.54, 1.807) is 18.2 Å². The Labute approximate surface area is 151 Å². The van der Waals surface area contributed by atoms with Crippen molar-refractivity contribution in [1.82, 2.24) is 19.5 Å². The van der Waals surface area contributed by atoms with Crippen molar-refractivity contribution in [1.29, 1.82) is 0 Å². The molecule has 9 heteroatoms. The molecule has 0 saturated carbocycles. The summed E-state index contributed by atoms with van der Waals surface area (Å²) in [6, 6.07) is 4.94. The minimum atomic E-state index is -1.21. The SMILES string of the molecule is O=C(O)c1c(Cl)nc(-c2cnccn2)n1Cc1cc(Cl)ccc1Cl. The van der Waals surface area contributed by atoms with E-state index in [4.69, 9.17) is 34.8 Å². The van der Waals surface area contributed by atoms with Crippen molar-refractivity contribution in [2.24, 2.45) is 0 Å². The van der Waals surface area contributed by atoms with Crippen LogP contribution >= 0.6 is 34.8 Å². The molecule has 3 rings (SSSR count). The van der Waals surface area contributed by atoms with Gasteiger partial charge < -0.3 is 9.67 Å². The highest BCUT2D eigenvalue weighted by Crippen LogP contribution is 2.28. The van der Waals surface area contributed by atoms with Gasteiger partial charge in [0.1, 0.15) is 5.69 Å². The van der Waals surface area contributed by atoms with E-state index in [0.717, 1.165) is 0 Å². The van der Waals surface area contributed by atoms with E-state index in [9.17, 15) is 9.90 Å². The lowest BCUT2D eigenvalue weighted by Gasteiger charge is -2.11. The van der Waals surface area contributed by atoms with E-state index in [0.29, 0.717) is 21.3 Å². The zero-order chi connectivity index (χ0) is 17.3. The summed E-state index contributed by atoms with van der Waals surface area (Å²) in [7, 11) is 0. The van der Waals surface area contributed by atoms with Crippen molar-refractivity contribution in [3.63, 3.8) is 0 Å². The zero-order valence-electron chi connectivity index (χ0n) is 11.9. The quantitative estimate of drug-likeness (QED) is 0.735. The molecule has 0 atom stereocenters. The van der Waals surface area contributed by atoms with Crippen molar-refractivity contribution in [3.8, 4) is 11.5 Å². The Kier molecular flexibility index (Phi) is 4.71. The number of aromatic carboxylic acids is 1. The molecule has 1 aromatic carbocycles. The monoisotopic (exact) mass is 382 g/mol. The number of carboxylic acid groups (broad SMARTS) is 1. The van der Waals surface area contributed by atoms with E-state index in [1.165, 1.54) is 23.2 Å². The third-order valence-corrected chi connectivity index (χ3v) is 4.12. The van der Waals surface area contributed by atoms with E-state index in [-0.39, 0.29) is 23.2 Å². The summed E-state index contributed by atoms with van der Waals surface area (Å²) in [5.41, 5.74) is 0.865. The van der Waals surface area contributed by atoms with Gasteiger partial charge in [0.25, 0.3) is 0 Å². The molecule has 6 nitrogen and oxygen atoms in total. The van der Waals surface area contributed by atoms with Gasteiger partial charge in [-0.15, -0.1) is 0 Å². The first kappa shape index (κ1) is 16.7. The lowest BCUT2D eigenvalue weighted by Crippen LogP contribution is -2.12. The molecule has 0 fully saturated rings. The summed E-state index contributed by atoms with van der Waals surface area (Å²) in [6.07, 6.45) is 4.46. The maximum Gasteiger partial charge on any atom is 0.355 e. The van der Waals surface area contributed by atoms with Crippen LogP contribution < -0.4 is 0 Å². The first-order chi connectivity index (χ1) is 11.5. The molecule has 0 bridgehead atoms. The average molecular weight is 384 g/mol. The molecule has 3 aromatic rings. The molecule has 0 aliphatic carbocycles. The molecule has 1 N–H and O–H groups in total. The Morgan fingerprint density at radius 3 is 2.67 bits per heavy atom. The molecule has 0 aliphatic heterocycles. The van der Waals surface area contributed by atoms with Crippen LogP contribution in [0.1, 0.15) is 16.1 Å². The zero-order valence-corrected chi connectivity index (χ0v) is 14.2. The van der Waals surface area contributed by atoms with E-state index in [2.05, 4.69) is 15.0 Å². The number of aromatic nitrogens is 4. The lowest BCUT2D eigenvalue weighted by molar-refractivity contribution is 0.0686. The summed E-state index contributed by atoms with van der Waals surface area (Å²) in [6.45, 7) is 0.118. The van der Waals surface area contributed by atoms with Gasteiger partial charge in [-0.3, -0.25) is 4.98 Å². The third-order valence-electron chi connectivity index (χ3n) is 3.26. The van der Waals surface area contributed by atoms with Crippen LogP contribution in [0.5, 0.6) is 0 Å². The predicted octanol–water partition coefficient (Wildman–Crippen LogP) is 4.05. The second-order valence-corrected chi connectivity index (χ2v) is 5.99. The Bertz CT molecular complexity index is 913. The molecule has 0 amide bonds. The third kappa shape index (κ3) is 3.21. The van der Waals surface area contributed by atoms with Crippen LogP contribution in [0.3, 0.4) is 0 Å². The largest absolute Gasteiger partial charge is 0.476 e. The Hall–Kier alpha value is -2.15. The van der Waals surface area contributed by atoms with Gasteiger partial charge in [-0.05, 0) is 23.8 Å². The maximum atomic E-state index is 11.6. The molecular formula is C15H9Cl3N4O2. The summed E-state index contributed by atoms with van der Waals surface area (Å²) < 4.78 is 1.42. The van der Waals surface area contributed by atoms with Crippen LogP contribution in [0, 0.1) is 0 Å². The number of imidazole rings is 1. The van der Waals surface area contributed by atoms with Crippen molar-refractivity contribution >= 4 is 40.8 Å². The molecule has 24 heavy (non-hydrogen) atoms. The topological polar surface area (TPSA) is 80.9 Å². The molecule has 2 heterocycles. The molecule has 0 saturated heterocycles. The van der Waals surface area contributed by atoms with Gasteiger partial charge in [-0.1, -0.05) is 34.8 Å². The van der Waals surface area contributed by atoms with Gasteiger partial charge in [0, 0.05) is 22.4 Å². The summed E-state index contributed by atoms with van der Waals surface area (Å²) in [5, 5.41) is 10.3. The minimum Gasteiger partial charge on any atom is -0.476 e. The highest BCUT2D eigenvalue weighted by molar-refractivity contribution is 6.33. The van der Waals surface area contributed by atoms with Gasteiger partial charge in [0.15, 0.2) is 16.7 Å². The fourth-order valence-electron chi connectivity index (χ4n) is 2.23. The van der Waals surface area contributed by atoms with Crippen molar-refractivity contribution in [2.75, 3.05) is 0 Å². The van der Waals surface area contributed by atoms with Gasteiger partial charge in [-0.2, -0.15) is 0 Å². The van der Waals surface area contributed by atoms with E-state index in [1.807, 2.05) is 0 Å². The number of benzene rings is 1. The molecule has 0 aliphatic rings. The average Bonchev–Trinajstić information content (AvgIpc) is 2.88. The fourth-order valence-corrected chi connectivity index (χ4v) is 2.86. The number of nitrogens with zero attached hydrogens (tertiary/aromatic N) is 4. The van der Waals surface area contributed by atoms with Gasteiger partial charge in [-0.25, -0.2) is 14.8 Å². The second kappa shape index (κ2) is 6.76. The van der Waals surface area contributed by atoms with Crippen LogP contribution in [0.4, 0.5) is 0 Å². The molecular weight excluding hydrogens is 375 g/mol. The normalized spacial score (nSPS) is 10.8. The summed E-state index contributed by atoms with van der Waals surface area (Å²) in [5.74, 6) is -0.928. The summed E-state index contributed by atoms with van der Waals surface area (Å²) in [4.78, 5) is 23.8. The van der Waals surface area contributed by atoms with Crippen molar-refractivity contribution in [3.05, 3.63) is 63.2 Å². The molecule has 2 aromatic heterocycles. The fraction of sp³-hybridized carbons (Fsp3) is 0.0667. The number of rotatable bonds is 4. The van der Waals surface area contributed by atoms with E-state index >= 15 is 0 Å². The van der Waals surface area contributed by atoms with Crippen molar-refractivity contribution in [2.45, 2.75) is 6.54 Å². The first-order valence-electron chi connectivity index (χ1n) is 6.67. The molecule has 0 unspecified atom stereocenters. The standard InChI is InChI=1S/C15H9Cl3N4O2/c16-9-1-2-10(17)8(5-9)7-22-12(15(23)24)13(18)21-14(22)11-6-19-3-4-20-11/h1-6H,7H2,(H,23,24). The van der Waals surface area contributed by atoms with Gasteiger partial charge >= 0.3 is 5.97 Å². The number of carbonyl (C=O) groups is 1. The predicted molar refractivity (Wildman–Crippen MR) is 90.8 cm³/mol. The Morgan fingerprint density at radius 2 is 2.00 bits per heavy atom. The van der Waals surface area contributed by atoms with Gasteiger partial charge in [0.2, 0.25) is 0 Å². The first-order valence-corrected chi connectivity index (χ1v) is 7.80. The lowest BCUT2D eigenvalue weighted by atomic mass is 10.2. The maximum absolute atomic E-state index is 11.6. The van der Waals surface area contributed by atoms with Crippen LogP contribution in [-0.2, 0) is 6.54 Å². The van der Waals surface area contributed by atoms with Crippen LogP contribution in [0.2, 0.25) is 15.2 Å². The van der Waals surface area contributed by atoms with Gasteiger partial charge in [0.05, 0.1) is 12.7 Å². The van der Waals surface area contributed by atoms with Crippen LogP contribution in [0.25, 0.3) is 11.5 Å². The minimum absolute atomic E-state index is 0.118. The molecule has 122 valence electrons. The highest BCUT2D eigenvalue weighted by atomic mass is 35.5. The van der Waals surface area contributed by atoms with Crippen LogP contribution in [-0.4, -0.2) is 30.6 Å². The smallest absolute Gasteiger partial charge is 0.355 e. The Balaban J connectivity index is 2.18. The van der Waals surface area contributed by atoms with E-state index < -0.39 is 5.97 Å². The molecule has 0 radical (unpaired) electrons. The molecule has 0 spiro atoms. The van der Waals surface area contributed by atoms with Crippen molar-refractivity contribution < 1.29 is 9.90 Å². The number of halogens is 3. The number of hydrogen-bond donors (Lipinski definition) is 1. The number of hydrogen-bond acceptors (Lipinski definition) is 4. The highest BCUT2D eigenvalue weighted by Gasteiger charge is 2.24. The number of carboxylic acids is 1. The summed E-state index contributed by atoms with van der Waals surface area (Å²) >= 11 is 18.2. The Morgan fingerprint density at radius 1 is 1.21 bits per heavy atom.